The average molecular weight is 435 g/mol. The summed E-state index contributed by atoms with van der Waals surface area (Å²) < 4.78 is 0. The molecule has 0 radical (unpaired) electrons. The molecule has 6 heteroatoms. The minimum atomic E-state index is -0.128. The summed E-state index contributed by atoms with van der Waals surface area (Å²) in [6.07, 6.45) is 13.6. The molecule has 2 aliphatic rings. The van der Waals surface area contributed by atoms with Gasteiger partial charge < -0.3 is 15.5 Å². The largest absolute Gasteiger partial charge is 0.371 e. The number of rotatable bonds is 8. The van der Waals surface area contributed by atoms with Crippen LogP contribution in [0.5, 0.6) is 0 Å². The van der Waals surface area contributed by atoms with E-state index in [9.17, 15) is 9.59 Å². The summed E-state index contributed by atoms with van der Waals surface area (Å²) in [4.78, 5) is 32.1. The van der Waals surface area contributed by atoms with Gasteiger partial charge in [-0.2, -0.15) is 0 Å². The Morgan fingerprint density at radius 1 is 1.03 bits per heavy atom. The van der Waals surface area contributed by atoms with Gasteiger partial charge >= 0.3 is 0 Å². The number of aromatic nitrogens is 1. The molecule has 6 nitrogen and oxygen atoms in total. The fourth-order valence-corrected chi connectivity index (χ4v) is 4.84. The van der Waals surface area contributed by atoms with Gasteiger partial charge in [-0.15, -0.1) is 0 Å². The van der Waals surface area contributed by atoms with Gasteiger partial charge in [0.15, 0.2) is 0 Å². The molecule has 0 atom stereocenters. The van der Waals surface area contributed by atoms with Crippen LogP contribution in [0, 0.1) is 5.92 Å². The second kappa shape index (κ2) is 11.1. The summed E-state index contributed by atoms with van der Waals surface area (Å²) in [6.45, 7) is 2.33. The van der Waals surface area contributed by atoms with Crippen LogP contribution in [0.2, 0.25) is 0 Å². The lowest BCUT2D eigenvalue weighted by Crippen LogP contribution is -2.32. The number of carbonyl (C=O) groups excluding carboxylic acids is 2. The fraction of sp³-hybridized carbons (Fsp3) is 0.500. The molecule has 2 amide bonds. The molecule has 0 spiro atoms. The molecule has 1 aliphatic carbocycles. The molecule has 2 aromatic rings. The van der Waals surface area contributed by atoms with Crippen molar-refractivity contribution in [3.05, 3.63) is 53.9 Å². The highest BCUT2D eigenvalue weighted by Crippen LogP contribution is 2.30. The zero-order chi connectivity index (χ0) is 22.2. The number of pyridine rings is 1. The first-order chi connectivity index (χ1) is 15.7. The van der Waals surface area contributed by atoms with Gasteiger partial charge in [-0.1, -0.05) is 31.7 Å². The zero-order valence-corrected chi connectivity index (χ0v) is 18.8. The molecular formula is C26H34N4O2. The highest BCUT2D eigenvalue weighted by Gasteiger charge is 2.20. The van der Waals surface area contributed by atoms with Crippen LogP contribution in [-0.2, 0) is 11.3 Å². The monoisotopic (exact) mass is 434 g/mol. The van der Waals surface area contributed by atoms with Crippen LogP contribution in [0.4, 0.5) is 11.4 Å². The summed E-state index contributed by atoms with van der Waals surface area (Å²) >= 11 is 0. The maximum absolute atomic E-state index is 13.1. The molecule has 1 saturated carbocycles. The molecule has 2 N–H and O–H groups in total. The molecule has 1 aromatic carbocycles. The van der Waals surface area contributed by atoms with Crippen LogP contribution in [-0.4, -0.2) is 29.9 Å². The molecule has 0 unspecified atom stereocenters. The summed E-state index contributed by atoms with van der Waals surface area (Å²) in [5.74, 6) is 0.594. The van der Waals surface area contributed by atoms with E-state index in [4.69, 9.17) is 0 Å². The van der Waals surface area contributed by atoms with Gasteiger partial charge in [-0.25, -0.2) is 0 Å². The van der Waals surface area contributed by atoms with Crippen molar-refractivity contribution in [2.75, 3.05) is 23.3 Å². The van der Waals surface area contributed by atoms with Gasteiger partial charge in [-0.3, -0.25) is 14.6 Å². The first kappa shape index (κ1) is 22.3. The predicted molar refractivity (Wildman–Crippen MR) is 128 cm³/mol. The van der Waals surface area contributed by atoms with Gasteiger partial charge in [0.05, 0.1) is 5.56 Å². The third-order valence-electron chi connectivity index (χ3n) is 6.65. The number of anilines is 2. The van der Waals surface area contributed by atoms with Crippen molar-refractivity contribution in [2.45, 2.75) is 64.3 Å². The molecule has 32 heavy (non-hydrogen) atoms. The Morgan fingerprint density at radius 3 is 2.59 bits per heavy atom. The maximum atomic E-state index is 13.1. The van der Waals surface area contributed by atoms with Crippen molar-refractivity contribution in [2.24, 2.45) is 5.92 Å². The normalized spacial score (nSPS) is 16.7. The standard InChI is InChI=1S/C26H34N4O2/c31-25(13-10-20-7-2-3-8-20)29-22-11-12-24(30-15-4-1-5-16-30)23(17-22)26(32)28-19-21-9-6-14-27-18-21/h6,9,11-12,14,17-18,20H,1-5,7-8,10,13,15-16,19H2,(H,28,32)(H,29,31). The van der Waals surface area contributed by atoms with E-state index in [0.717, 1.165) is 43.6 Å². The number of nitrogens with one attached hydrogen (secondary N) is 2. The Hall–Kier alpha value is -2.89. The smallest absolute Gasteiger partial charge is 0.253 e. The van der Waals surface area contributed by atoms with E-state index in [-0.39, 0.29) is 11.8 Å². The van der Waals surface area contributed by atoms with Crippen molar-refractivity contribution in [3.63, 3.8) is 0 Å². The first-order valence-electron chi connectivity index (χ1n) is 12.0. The van der Waals surface area contributed by atoms with E-state index >= 15 is 0 Å². The van der Waals surface area contributed by atoms with Crippen molar-refractivity contribution < 1.29 is 9.59 Å². The van der Waals surface area contributed by atoms with Crippen LogP contribution in [0.15, 0.2) is 42.7 Å². The molecule has 2 fully saturated rings. The summed E-state index contributed by atoms with van der Waals surface area (Å²) in [5, 5.41) is 6.04. The fourth-order valence-electron chi connectivity index (χ4n) is 4.84. The maximum Gasteiger partial charge on any atom is 0.253 e. The van der Waals surface area contributed by atoms with Gasteiger partial charge in [0.2, 0.25) is 5.91 Å². The summed E-state index contributed by atoms with van der Waals surface area (Å²) in [7, 11) is 0. The number of carbonyl (C=O) groups is 2. The molecule has 2 heterocycles. The Balaban J connectivity index is 1.45. The Morgan fingerprint density at radius 2 is 1.84 bits per heavy atom. The molecule has 1 aliphatic heterocycles. The van der Waals surface area contributed by atoms with Crippen LogP contribution < -0.4 is 15.5 Å². The van der Waals surface area contributed by atoms with Gasteiger partial charge in [0.1, 0.15) is 0 Å². The second-order valence-electron chi connectivity index (χ2n) is 9.06. The van der Waals surface area contributed by atoms with E-state index in [2.05, 4.69) is 20.5 Å². The van der Waals surface area contributed by atoms with Gasteiger partial charge in [0, 0.05) is 49.8 Å². The second-order valence-corrected chi connectivity index (χ2v) is 9.06. The van der Waals surface area contributed by atoms with Crippen LogP contribution in [0.1, 0.15) is 73.7 Å². The molecule has 170 valence electrons. The highest BCUT2D eigenvalue weighted by atomic mass is 16.2. The lowest BCUT2D eigenvalue weighted by molar-refractivity contribution is -0.116. The molecular weight excluding hydrogens is 400 g/mol. The number of benzene rings is 1. The highest BCUT2D eigenvalue weighted by molar-refractivity contribution is 6.02. The summed E-state index contributed by atoms with van der Waals surface area (Å²) in [5.41, 5.74) is 3.20. The molecule has 1 aromatic heterocycles. The lowest BCUT2D eigenvalue weighted by atomic mass is 10.0. The van der Waals surface area contributed by atoms with E-state index in [1.807, 2.05) is 30.3 Å². The minimum Gasteiger partial charge on any atom is -0.371 e. The molecule has 1 saturated heterocycles. The van der Waals surface area contributed by atoms with E-state index in [1.54, 1.807) is 12.4 Å². The average Bonchev–Trinajstić information content (AvgIpc) is 3.36. The zero-order valence-electron chi connectivity index (χ0n) is 18.8. The number of hydrogen-bond acceptors (Lipinski definition) is 4. The van der Waals surface area contributed by atoms with E-state index in [1.165, 1.54) is 32.1 Å². The third kappa shape index (κ3) is 6.09. The van der Waals surface area contributed by atoms with Crippen molar-refractivity contribution in [1.82, 2.24) is 10.3 Å². The van der Waals surface area contributed by atoms with Crippen molar-refractivity contribution in [3.8, 4) is 0 Å². The minimum absolute atomic E-state index is 0.0318. The molecule has 4 rings (SSSR count). The van der Waals surface area contributed by atoms with Crippen LogP contribution in [0.3, 0.4) is 0 Å². The third-order valence-corrected chi connectivity index (χ3v) is 6.65. The first-order valence-corrected chi connectivity index (χ1v) is 12.0. The predicted octanol–water partition coefficient (Wildman–Crippen LogP) is 4.91. The summed E-state index contributed by atoms with van der Waals surface area (Å²) in [6, 6.07) is 9.55. The number of amides is 2. The van der Waals surface area contributed by atoms with E-state index in [0.29, 0.717) is 30.1 Å². The SMILES string of the molecule is O=C(CCC1CCCC1)Nc1ccc(N2CCCCC2)c(C(=O)NCc2cccnc2)c1. The van der Waals surface area contributed by atoms with Crippen LogP contribution in [0.25, 0.3) is 0 Å². The molecule has 0 bridgehead atoms. The Kier molecular flexibility index (Phi) is 7.75. The topological polar surface area (TPSA) is 74.3 Å². The van der Waals surface area contributed by atoms with Gasteiger partial charge in [-0.05, 0) is 61.4 Å². The number of nitrogens with zero attached hydrogens (tertiary/aromatic N) is 2. The Labute approximate surface area is 190 Å². The van der Waals surface area contributed by atoms with Crippen LogP contribution >= 0.6 is 0 Å². The van der Waals surface area contributed by atoms with Gasteiger partial charge in [0.25, 0.3) is 5.91 Å². The lowest BCUT2D eigenvalue weighted by Gasteiger charge is -2.30. The quantitative estimate of drug-likeness (QED) is 0.619. The Bertz CT molecular complexity index is 903. The van der Waals surface area contributed by atoms with E-state index < -0.39 is 0 Å². The van der Waals surface area contributed by atoms with Crippen molar-refractivity contribution >= 4 is 23.2 Å². The number of piperidine rings is 1. The number of hydrogen-bond donors (Lipinski definition) is 2. The van der Waals surface area contributed by atoms with Crippen molar-refractivity contribution in [1.29, 1.82) is 0 Å².